The van der Waals surface area contributed by atoms with E-state index < -0.39 is 36.4 Å². The molecular formula is C9H11ClN2O6S2. The molecule has 1 aromatic heterocycles. The number of nitro groups is 1. The van der Waals surface area contributed by atoms with E-state index in [0.29, 0.717) is 11.3 Å². The number of halogens is 1. The standard InChI is InChI=1S/C9H11ClN2O6S2/c1-3-9(2,8(13)14)11-20(17,18)6-4-5(12(15)16)7(10)19-6/h4,11H,3H2,1-2H3,(H,13,14). The molecular weight excluding hydrogens is 332 g/mol. The lowest BCUT2D eigenvalue weighted by Gasteiger charge is -2.23. The lowest BCUT2D eigenvalue weighted by Crippen LogP contribution is -2.51. The molecule has 0 aliphatic carbocycles. The predicted molar refractivity (Wildman–Crippen MR) is 72.6 cm³/mol. The van der Waals surface area contributed by atoms with Crippen LogP contribution in [0, 0.1) is 10.1 Å². The van der Waals surface area contributed by atoms with Crippen molar-refractivity contribution in [2.45, 2.75) is 30.0 Å². The van der Waals surface area contributed by atoms with Crippen LogP contribution in [0.15, 0.2) is 10.3 Å². The molecule has 1 heterocycles. The number of carboxylic acids is 1. The van der Waals surface area contributed by atoms with Crippen LogP contribution in [0.1, 0.15) is 20.3 Å². The Kier molecular flexibility index (Phi) is 4.74. The Balaban J connectivity index is 3.21. The molecule has 0 aromatic carbocycles. The van der Waals surface area contributed by atoms with Crippen LogP contribution in [-0.4, -0.2) is 30.0 Å². The molecule has 0 spiro atoms. The maximum atomic E-state index is 12.1. The molecule has 8 nitrogen and oxygen atoms in total. The van der Waals surface area contributed by atoms with E-state index in [-0.39, 0.29) is 10.8 Å². The van der Waals surface area contributed by atoms with Gasteiger partial charge >= 0.3 is 5.97 Å². The number of hydrogen-bond donors (Lipinski definition) is 2. The lowest BCUT2D eigenvalue weighted by atomic mass is 10.0. The van der Waals surface area contributed by atoms with E-state index in [1.807, 2.05) is 4.72 Å². The molecule has 2 N–H and O–H groups in total. The zero-order valence-corrected chi connectivity index (χ0v) is 12.8. The van der Waals surface area contributed by atoms with Crippen molar-refractivity contribution in [2.75, 3.05) is 0 Å². The van der Waals surface area contributed by atoms with Gasteiger partial charge in [0.25, 0.3) is 15.7 Å². The number of aliphatic carboxylic acids is 1. The van der Waals surface area contributed by atoms with E-state index in [9.17, 15) is 23.3 Å². The first kappa shape index (κ1) is 16.8. The molecule has 0 saturated carbocycles. The minimum absolute atomic E-state index is 0.00274. The maximum Gasteiger partial charge on any atom is 0.324 e. The number of carbonyl (C=O) groups is 1. The smallest absolute Gasteiger partial charge is 0.324 e. The Morgan fingerprint density at radius 2 is 2.20 bits per heavy atom. The van der Waals surface area contributed by atoms with Crippen molar-refractivity contribution in [2.24, 2.45) is 0 Å². The summed E-state index contributed by atoms with van der Waals surface area (Å²) in [6.07, 6.45) is 0.00274. The highest BCUT2D eigenvalue weighted by atomic mass is 35.5. The Bertz CT molecular complexity index is 655. The molecule has 0 amide bonds. The fourth-order valence-electron chi connectivity index (χ4n) is 1.21. The molecule has 0 radical (unpaired) electrons. The Morgan fingerprint density at radius 3 is 2.55 bits per heavy atom. The molecule has 1 unspecified atom stereocenters. The molecule has 0 fully saturated rings. The van der Waals surface area contributed by atoms with Gasteiger partial charge in [-0.3, -0.25) is 14.9 Å². The number of rotatable bonds is 6. The van der Waals surface area contributed by atoms with Crippen LogP contribution in [0.2, 0.25) is 4.34 Å². The third kappa shape index (κ3) is 3.26. The van der Waals surface area contributed by atoms with Gasteiger partial charge in [0, 0.05) is 6.07 Å². The summed E-state index contributed by atoms with van der Waals surface area (Å²) < 4.78 is 25.4. The molecule has 0 aliphatic heterocycles. The number of nitrogens with zero attached hydrogens (tertiary/aromatic N) is 1. The first-order chi connectivity index (χ1) is 9.03. The van der Waals surface area contributed by atoms with E-state index in [4.69, 9.17) is 16.7 Å². The van der Waals surface area contributed by atoms with Crippen molar-refractivity contribution in [3.63, 3.8) is 0 Å². The second kappa shape index (κ2) is 5.64. The summed E-state index contributed by atoms with van der Waals surface area (Å²) in [5.41, 5.74) is -2.24. The van der Waals surface area contributed by atoms with Crippen LogP contribution in [-0.2, 0) is 14.8 Å². The van der Waals surface area contributed by atoms with Crippen molar-refractivity contribution in [1.82, 2.24) is 4.72 Å². The molecule has 1 aromatic rings. The first-order valence-corrected chi connectivity index (χ1v) is 7.92. The van der Waals surface area contributed by atoms with Gasteiger partial charge in [0.1, 0.15) is 9.75 Å². The molecule has 0 aliphatic rings. The van der Waals surface area contributed by atoms with Gasteiger partial charge in [-0.05, 0) is 13.3 Å². The summed E-state index contributed by atoms with van der Waals surface area (Å²) in [6, 6.07) is 0.799. The average Bonchev–Trinajstić information content (AvgIpc) is 2.71. The number of nitrogens with one attached hydrogen (secondary N) is 1. The number of carboxylic acid groups (broad SMARTS) is 1. The van der Waals surface area contributed by atoms with E-state index in [0.717, 1.165) is 6.07 Å². The molecule has 0 saturated heterocycles. The van der Waals surface area contributed by atoms with Gasteiger partial charge in [-0.1, -0.05) is 18.5 Å². The molecule has 112 valence electrons. The van der Waals surface area contributed by atoms with Gasteiger partial charge in [-0.2, -0.15) is 4.72 Å². The topological polar surface area (TPSA) is 127 Å². The Hall–Kier alpha value is -1.23. The normalized spacial score (nSPS) is 14.8. The predicted octanol–water partition coefficient (Wildman–Crippen LogP) is 1.84. The number of sulfonamides is 1. The summed E-state index contributed by atoms with van der Waals surface area (Å²) in [5, 5.41) is 19.7. The Morgan fingerprint density at radius 1 is 1.65 bits per heavy atom. The van der Waals surface area contributed by atoms with E-state index in [2.05, 4.69) is 0 Å². The maximum absolute atomic E-state index is 12.1. The van der Waals surface area contributed by atoms with Crippen LogP contribution in [0.25, 0.3) is 0 Å². The van der Waals surface area contributed by atoms with E-state index >= 15 is 0 Å². The van der Waals surface area contributed by atoms with Gasteiger partial charge in [0.15, 0.2) is 4.34 Å². The van der Waals surface area contributed by atoms with Gasteiger partial charge in [-0.15, -0.1) is 11.3 Å². The molecule has 0 bridgehead atoms. The molecule has 11 heteroatoms. The van der Waals surface area contributed by atoms with Crippen LogP contribution < -0.4 is 4.72 Å². The third-order valence-corrected chi connectivity index (χ3v) is 6.05. The van der Waals surface area contributed by atoms with Gasteiger partial charge in [0.05, 0.1) is 4.92 Å². The van der Waals surface area contributed by atoms with Crippen molar-refractivity contribution < 1.29 is 23.2 Å². The average molecular weight is 343 g/mol. The summed E-state index contributed by atoms with van der Waals surface area (Å²) in [4.78, 5) is 20.9. The van der Waals surface area contributed by atoms with Crippen molar-refractivity contribution in [1.29, 1.82) is 0 Å². The third-order valence-electron chi connectivity index (χ3n) is 2.65. The summed E-state index contributed by atoms with van der Waals surface area (Å²) >= 11 is 6.07. The Labute approximate surface area is 123 Å². The minimum atomic E-state index is -4.21. The SMILES string of the molecule is CCC(C)(NS(=O)(=O)c1cc([N+](=O)[O-])c(Cl)s1)C(=O)O. The number of thiophene rings is 1. The van der Waals surface area contributed by atoms with Crippen LogP contribution in [0.3, 0.4) is 0 Å². The number of hydrogen-bond acceptors (Lipinski definition) is 6. The van der Waals surface area contributed by atoms with Gasteiger partial charge < -0.3 is 5.11 Å². The minimum Gasteiger partial charge on any atom is -0.480 e. The zero-order chi connectivity index (χ0) is 15.7. The van der Waals surface area contributed by atoms with Gasteiger partial charge in [-0.25, -0.2) is 8.42 Å². The molecule has 1 rings (SSSR count). The summed E-state index contributed by atoms with van der Waals surface area (Å²) in [6.45, 7) is 2.71. The van der Waals surface area contributed by atoms with Crippen LogP contribution >= 0.6 is 22.9 Å². The highest BCUT2D eigenvalue weighted by Crippen LogP contribution is 2.36. The summed E-state index contributed by atoms with van der Waals surface area (Å²) in [5.74, 6) is -1.35. The highest BCUT2D eigenvalue weighted by Gasteiger charge is 2.37. The zero-order valence-electron chi connectivity index (χ0n) is 10.4. The summed E-state index contributed by atoms with van der Waals surface area (Å²) in [7, 11) is -4.21. The van der Waals surface area contributed by atoms with Crippen molar-refractivity contribution >= 4 is 44.6 Å². The lowest BCUT2D eigenvalue weighted by molar-refractivity contribution is -0.384. The largest absolute Gasteiger partial charge is 0.480 e. The van der Waals surface area contributed by atoms with Crippen molar-refractivity contribution in [3.05, 3.63) is 20.5 Å². The first-order valence-electron chi connectivity index (χ1n) is 5.24. The fourth-order valence-corrected chi connectivity index (χ4v) is 4.31. The van der Waals surface area contributed by atoms with Gasteiger partial charge in [0.2, 0.25) is 0 Å². The monoisotopic (exact) mass is 342 g/mol. The second-order valence-electron chi connectivity index (χ2n) is 4.08. The van der Waals surface area contributed by atoms with E-state index in [1.54, 1.807) is 0 Å². The second-order valence-corrected chi connectivity index (χ2v) is 7.64. The van der Waals surface area contributed by atoms with E-state index in [1.165, 1.54) is 13.8 Å². The van der Waals surface area contributed by atoms with Crippen molar-refractivity contribution in [3.8, 4) is 0 Å². The molecule has 20 heavy (non-hydrogen) atoms. The molecule has 1 atom stereocenters. The van der Waals surface area contributed by atoms with Crippen LogP contribution in [0.5, 0.6) is 0 Å². The highest BCUT2D eigenvalue weighted by molar-refractivity contribution is 7.91. The quantitative estimate of drug-likeness (QED) is 0.600. The van der Waals surface area contributed by atoms with Crippen LogP contribution in [0.4, 0.5) is 5.69 Å². The fraction of sp³-hybridized carbons (Fsp3) is 0.444.